The number of aromatic amines is 1. The first-order valence-corrected chi connectivity index (χ1v) is 9.33. The fraction of sp³-hybridized carbons (Fsp3) is 0.375. The molecule has 0 aliphatic carbocycles. The summed E-state index contributed by atoms with van der Waals surface area (Å²) >= 11 is 0. The number of nitrogens with zero attached hydrogens (tertiary/aromatic N) is 1. The number of fused-ring (bicyclic) bond motifs is 1. The second-order valence-electron chi connectivity index (χ2n) is 6.05. The van der Waals surface area contributed by atoms with Crippen molar-refractivity contribution >= 4 is 26.9 Å². The summed E-state index contributed by atoms with van der Waals surface area (Å²) in [4.78, 5) is 25.1. The molecule has 0 spiro atoms. The van der Waals surface area contributed by atoms with Gasteiger partial charge in [0.2, 0.25) is 15.6 Å². The van der Waals surface area contributed by atoms with Crippen molar-refractivity contribution in [2.24, 2.45) is 0 Å². The van der Waals surface area contributed by atoms with Gasteiger partial charge in [-0.3, -0.25) is 9.59 Å². The molecule has 146 valence electrons. The number of hydrogen-bond acceptors (Lipinski definition) is 5. The largest absolute Gasteiger partial charge is 0.468 e. The normalized spacial score (nSPS) is 18.7. The second-order valence-corrected chi connectivity index (χ2v) is 7.94. The Morgan fingerprint density at radius 1 is 1.30 bits per heavy atom. The van der Waals surface area contributed by atoms with Crippen LogP contribution in [-0.4, -0.2) is 43.4 Å². The third-order valence-corrected chi connectivity index (χ3v) is 6.31. The summed E-state index contributed by atoms with van der Waals surface area (Å²) < 4.78 is 71.1. The number of H-pyrrole nitrogens is 1. The van der Waals surface area contributed by atoms with Gasteiger partial charge >= 0.3 is 12.1 Å². The van der Waals surface area contributed by atoms with Crippen molar-refractivity contribution in [3.63, 3.8) is 0 Å². The number of aromatic nitrogens is 1. The molecule has 0 amide bonds. The zero-order valence-corrected chi connectivity index (χ0v) is 14.9. The van der Waals surface area contributed by atoms with Crippen LogP contribution < -0.4 is 5.56 Å². The smallest absolute Gasteiger partial charge is 0.417 e. The first kappa shape index (κ1) is 19.4. The number of halogens is 3. The number of hydrogen-bond donors (Lipinski definition) is 1. The first-order valence-electron chi connectivity index (χ1n) is 7.89. The second kappa shape index (κ2) is 6.64. The highest BCUT2D eigenvalue weighted by Gasteiger charge is 2.40. The van der Waals surface area contributed by atoms with Crippen LogP contribution in [0, 0.1) is 0 Å². The van der Waals surface area contributed by atoms with Crippen molar-refractivity contribution in [3.8, 4) is 0 Å². The number of sulfonamides is 1. The number of rotatable bonds is 3. The van der Waals surface area contributed by atoms with Gasteiger partial charge in [-0.25, -0.2) is 8.42 Å². The molecule has 2 aromatic rings. The van der Waals surface area contributed by atoms with Gasteiger partial charge in [-0.05, 0) is 31.0 Å². The van der Waals surface area contributed by atoms with E-state index in [0.717, 1.165) is 29.6 Å². The maximum Gasteiger partial charge on any atom is 0.417 e. The molecule has 1 N–H and O–H groups in total. The van der Waals surface area contributed by atoms with Gasteiger partial charge < -0.3 is 9.72 Å². The number of esters is 1. The predicted octanol–water partition coefficient (Wildman–Crippen LogP) is 1.87. The number of carbonyl (C=O) groups excluding carboxylic acids is 1. The lowest BCUT2D eigenvalue weighted by Gasteiger charge is -2.22. The highest BCUT2D eigenvalue weighted by molar-refractivity contribution is 7.89. The third-order valence-electron chi connectivity index (χ3n) is 4.40. The van der Waals surface area contributed by atoms with Gasteiger partial charge in [-0.1, -0.05) is 0 Å². The lowest BCUT2D eigenvalue weighted by molar-refractivity contribution is -0.144. The highest BCUT2D eigenvalue weighted by atomic mass is 32.2. The minimum absolute atomic E-state index is 0.0535. The van der Waals surface area contributed by atoms with Crippen molar-refractivity contribution in [1.82, 2.24) is 9.29 Å². The lowest BCUT2D eigenvalue weighted by Crippen LogP contribution is -2.41. The van der Waals surface area contributed by atoms with Crippen LogP contribution >= 0.6 is 0 Å². The van der Waals surface area contributed by atoms with Gasteiger partial charge in [0.15, 0.2) is 0 Å². The Morgan fingerprint density at radius 2 is 2.00 bits per heavy atom. The fourth-order valence-corrected chi connectivity index (χ4v) is 4.84. The van der Waals surface area contributed by atoms with Crippen LogP contribution in [0.25, 0.3) is 10.9 Å². The molecule has 1 aliphatic heterocycles. The van der Waals surface area contributed by atoms with E-state index in [1.807, 2.05) is 0 Å². The zero-order chi connectivity index (χ0) is 20.0. The maximum absolute atomic E-state index is 13.3. The zero-order valence-electron chi connectivity index (χ0n) is 14.0. The molecule has 1 aromatic carbocycles. The molecule has 1 fully saturated rings. The molecule has 11 heteroatoms. The molecule has 27 heavy (non-hydrogen) atoms. The summed E-state index contributed by atoms with van der Waals surface area (Å²) in [6.45, 7) is 0.0535. The quantitative estimate of drug-likeness (QED) is 0.788. The van der Waals surface area contributed by atoms with Crippen LogP contribution in [0.5, 0.6) is 0 Å². The summed E-state index contributed by atoms with van der Waals surface area (Å²) in [5.74, 6) is -0.725. The van der Waals surface area contributed by atoms with Crippen molar-refractivity contribution in [1.29, 1.82) is 0 Å². The van der Waals surface area contributed by atoms with Crippen LogP contribution in [0.2, 0.25) is 0 Å². The molecule has 0 radical (unpaired) electrons. The number of alkyl halides is 3. The van der Waals surface area contributed by atoms with Gasteiger partial charge in [0.1, 0.15) is 6.04 Å². The van der Waals surface area contributed by atoms with Crippen LogP contribution in [0.4, 0.5) is 13.2 Å². The average molecular weight is 404 g/mol. The lowest BCUT2D eigenvalue weighted by atomic mass is 10.1. The summed E-state index contributed by atoms with van der Waals surface area (Å²) in [5.41, 5.74) is -2.32. The van der Waals surface area contributed by atoms with Gasteiger partial charge in [0.25, 0.3) is 0 Å². The average Bonchev–Trinajstić information content (AvgIpc) is 3.09. The minimum atomic E-state index is -4.84. The van der Waals surface area contributed by atoms with E-state index in [0.29, 0.717) is 12.5 Å². The number of ether oxygens (including phenoxy) is 1. The van der Waals surface area contributed by atoms with Crippen LogP contribution in [0.1, 0.15) is 18.4 Å². The molecule has 1 aromatic heterocycles. The van der Waals surface area contributed by atoms with E-state index < -0.39 is 49.6 Å². The Morgan fingerprint density at radius 3 is 2.63 bits per heavy atom. The number of carbonyl (C=O) groups is 1. The van der Waals surface area contributed by atoms with Crippen molar-refractivity contribution in [3.05, 3.63) is 40.2 Å². The molecule has 7 nitrogen and oxygen atoms in total. The molecule has 1 saturated heterocycles. The van der Waals surface area contributed by atoms with Crippen LogP contribution in [-0.2, 0) is 25.7 Å². The molecule has 0 saturated carbocycles. The van der Waals surface area contributed by atoms with Crippen molar-refractivity contribution in [2.75, 3.05) is 13.7 Å². The van der Waals surface area contributed by atoms with Gasteiger partial charge in [0.05, 0.1) is 17.6 Å². The molecule has 0 bridgehead atoms. The summed E-state index contributed by atoms with van der Waals surface area (Å²) in [6.07, 6.45) is -4.15. The maximum atomic E-state index is 13.3. The van der Waals surface area contributed by atoms with E-state index in [9.17, 15) is 31.2 Å². The molecule has 3 rings (SSSR count). The van der Waals surface area contributed by atoms with Crippen molar-refractivity contribution in [2.45, 2.75) is 30.0 Å². The number of nitrogens with one attached hydrogen (secondary N) is 1. The fourth-order valence-electron chi connectivity index (χ4n) is 3.16. The van der Waals surface area contributed by atoms with Crippen LogP contribution in [0.15, 0.2) is 34.0 Å². The Kier molecular flexibility index (Phi) is 4.76. The van der Waals surface area contributed by atoms with Gasteiger partial charge in [-0.15, -0.1) is 0 Å². The summed E-state index contributed by atoms with van der Waals surface area (Å²) in [6, 6.07) is 2.41. The third kappa shape index (κ3) is 3.44. The standard InChI is InChI=1S/C16H15F3N2O5S/c1-26-15(23)13-3-2-6-21(13)27(24,25)9-4-5-12-10(7-9)11(16(17,18)19)8-14(22)20-12/h4-5,7-8,13H,2-3,6H2,1H3,(H,20,22). The SMILES string of the molecule is COC(=O)C1CCCN1S(=O)(=O)c1ccc2[nH]c(=O)cc(C(F)(F)F)c2c1. The number of pyridine rings is 1. The van der Waals surface area contributed by atoms with Gasteiger partial charge in [-0.2, -0.15) is 17.5 Å². The Balaban J connectivity index is 2.16. The topological polar surface area (TPSA) is 96.5 Å². The highest BCUT2D eigenvalue weighted by Crippen LogP contribution is 2.35. The monoisotopic (exact) mass is 404 g/mol. The molecule has 1 aliphatic rings. The Hall–Kier alpha value is -2.40. The van der Waals surface area contributed by atoms with Crippen molar-refractivity contribution < 1.29 is 31.1 Å². The Labute approximate surface area is 151 Å². The van der Waals surface area contributed by atoms with Crippen LogP contribution in [0.3, 0.4) is 0 Å². The molecular weight excluding hydrogens is 389 g/mol. The van der Waals surface area contributed by atoms with E-state index in [-0.39, 0.29) is 18.5 Å². The predicted molar refractivity (Wildman–Crippen MR) is 88.5 cm³/mol. The summed E-state index contributed by atoms with van der Waals surface area (Å²) in [7, 11) is -3.10. The number of benzene rings is 1. The molecule has 1 unspecified atom stereocenters. The van der Waals surface area contributed by atoms with E-state index in [1.165, 1.54) is 0 Å². The first-order chi connectivity index (χ1) is 12.6. The molecular formula is C16H15F3N2O5S. The molecule has 2 heterocycles. The van der Waals surface area contributed by atoms with E-state index in [1.54, 1.807) is 0 Å². The van der Waals surface area contributed by atoms with E-state index in [2.05, 4.69) is 9.72 Å². The van der Waals surface area contributed by atoms with E-state index in [4.69, 9.17) is 0 Å². The van der Waals surface area contributed by atoms with E-state index >= 15 is 0 Å². The minimum Gasteiger partial charge on any atom is -0.468 e. The Bertz CT molecular complexity index is 1060. The van der Waals surface area contributed by atoms with Gasteiger partial charge in [0, 0.05) is 23.5 Å². The summed E-state index contributed by atoms with van der Waals surface area (Å²) in [5, 5.41) is -0.447. The molecule has 1 atom stereocenters. The number of methoxy groups -OCH3 is 1.